The first-order valence-corrected chi connectivity index (χ1v) is 8.84. The normalized spacial score (nSPS) is 10.1. The van der Waals surface area contributed by atoms with E-state index in [4.69, 9.17) is 9.47 Å². The van der Waals surface area contributed by atoms with Crippen molar-refractivity contribution in [2.75, 3.05) is 25.6 Å². The van der Waals surface area contributed by atoms with Gasteiger partial charge in [-0.3, -0.25) is 24.5 Å². The van der Waals surface area contributed by atoms with Crippen LogP contribution in [0.4, 0.5) is 11.4 Å². The van der Waals surface area contributed by atoms with Crippen molar-refractivity contribution in [1.29, 1.82) is 0 Å². The molecule has 2 rings (SSSR count). The number of amides is 2. The Balaban J connectivity index is 1.84. The van der Waals surface area contributed by atoms with E-state index in [0.717, 1.165) is 17.2 Å². The van der Waals surface area contributed by atoms with E-state index in [2.05, 4.69) is 10.6 Å². The molecular formula is C20H21N3O7. The van der Waals surface area contributed by atoms with Gasteiger partial charge in [0.1, 0.15) is 12.3 Å². The van der Waals surface area contributed by atoms with Crippen molar-refractivity contribution in [2.45, 2.75) is 13.8 Å². The molecule has 0 aliphatic heterocycles. The summed E-state index contributed by atoms with van der Waals surface area (Å²) < 4.78 is 9.84. The van der Waals surface area contributed by atoms with Crippen LogP contribution in [0.5, 0.6) is 5.75 Å². The second kappa shape index (κ2) is 10.0. The molecule has 0 heterocycles. The third kappa shape index (κ3) is 6.30. The van der Waals surface area contributed by atoms with Crippen LogP contribution in [0.15, 0.2) is 36.4 Å². The molecule has 2 aromatic rings. The monoisotopic (exact) mass is 415 g/mol. The molecule has 0 bridgehead atoms. The molecular weight excluding hydrogens is 394 g/mol. The lowest BCUT2D eigenvalue weighted by molar-refractivity contribution is -0.384. The summed E-state index contributed by atoms with van der Waals surface area (Å²) >= 11 is 0. The highest BCUT2D eigenvalue weighted by atomic mass is 16.6. The van der Waals surface area contributed by atoms with Gasteiger partial charge in [0.15, 0.2) is 6.61 Å². The molecule has 0 saturated heterocycles. The SMILES string of the molecule is COc1cc([N+](=O)[O-])ccc1NC(=O)COC(=O)CNC(=O)c1cc(C)cc(C)c1. The van der Waals surface area contributed by atoms with Crippen molar-refractivity contribution in [1.82, 2.24) is 5.32 Å². The van der Waals surface area contributed by atoms with Crippen LogP contribution in [-0.4, -0.2) is 43.0 Å². The number of nitro benzene ring substituents is 1. The van der Waals surface area contributed by atoms with Crippen molar-refractivity contribution < 1.29 is 28.8 Å². The van der Waals surface area contributed by atoms with Gasteiger partial charge in [-0.05, 0) is 32.0 Å². The van der Waals surface area contributed by atoms with Gasteiger partial charge in [0, 0.05) is 11.6 Å². The number of aryl methyl sites for hydroxylation is 2. The molecule has 0 saturated carbocycles. The lowest BCUT2D eigenvalue weighted by atomic mass is 10.1. The molecule has 10 nitrogen and oxygen atoms in total. The Morgan fingerprint density at radius 2 is 1.73 bits per heavy atom. The first-order valence-electron chi connectivity index (χ1n) is 8.84. The number of non-ortho nitro benzene ring substituents is 1. The average molecular weight is 415 g/mol. The highest BCUT2D eigenvalue weighted by Gasteiger charge is 2.15. The lowest BCUT2D eigenvalue weighted by Crippen LogP contribution is -2.32. The Morgan fingerprint density at radius 1 is 1.07 bits per heavy atom. The molecule has 0 unspecified atom stereocenters. The van der Waals surface area contributed by atoms with E-state index in [9.17, 15) is 24.5 Å². The first kappa shape index (κ1) is 22.3. The topological polar surface area (TPSA) is 137 Å². The zero-order valence-electron chi connectivity index (χ0n) is 16.7. The number of nitrogens with zero attached hydrogens (tertiary/aromatic N) is 1. The second-order valence-electron chi connectivity index (χ2n) is 6.41. The van der Waals surface area contributed by atoms with E-state index in [-0.39, 0.29) is 17.1 Å². The van der Waals surface area contributed by atoms with E-state index >= 15 is 0 Å². The standard InChI is InChI=1S/C20H21N3O7/c1-12-6-13(2)8-14(7-12)20(26)21-10-19(25)30-11-18(24)22-16-5-4-15(23(27)28)9-17(16)29-3/h4-9H,10-11H2,1-3H3,(H,21,26)(H,22,24). The lowest BCUT2D eigenvalue weighted by Gasteiger charge is -2.11. The highest BCUT2D eigenvalue weighted by Crippen LogP contribution is 2.28. The van der Waals surface area contributed by atoms with E-state index in [1.165, 1.54) is 19.2 Å². The maximum absolute atomic E-state index is 12.1. The van der Waals surface area contributed by atoms with Crippen molar-refractivity contribution in [3.05, 3.63) is 63.2 Å². The molecule has 2 aromatic carbocycles. The van der Waals surface area contributed by atoms with Gasteiger partial charge >= 0.3 is 5.97 Å². The fraction of sp³-hybridized carbons (Fsp3) is 0.250. The van der Waals surface area contributed by atoms with Gasteiger partial charge in [0.05, 0.1) is 23.8 Å². The minimum absolute atomic E-state index is 0.0876. The van der Waals surface area contributed by atoms with Crippen molar-refractivity contribution in [3.63, 3.8) is 0 Å². The molecule has 158 valence electrons. The number of benzene rings is 2. The number of carbonyl (C=O) groups excluding carboxylic acids is 3. The zero-order valence-corrected chi connectivity index (χ0v) is 16.7. The quantitative estimate of drug-likeness (QED) is 0.383. The highest BCUT2D eigenvalue weighted by molar-refractivity contribution is 5.97. The van der Waals surface area contributed by atoms with Crippen molar-refractivity contribution >= 4 is 29.2 Å². The molecule has 0 atom stereocenters. The Hall–Kier alpha value is -3.95. The summed E-state index contributed by atoms with van der Waals surface area (Å²) in [7, 11) is 1.30. The van der Waals surface area contributed by atoms with Crippen LogP contribution >= 0.6 is 0 Å². The molecule has 2 amide bonds. The summed E-state index contributed by atoms with van der Waals surface area (Å²) in [6.45, 7) is 2.71. The van der Waals surface area contributed by atoms with Crippen LogP contribution in [0, 0.1) is 24.0 Å². The predicted octanol–water partition coefficient (Wildman–Crippen LogP) is 2.13. The van der Waals surface area contributed by atoms with E-state index in [1.54, 1.807) is 12.1 Å². The van der Waals surface area contributed by atoms with Crippen LogP contribution in [-0.2, 0) is 14.3 Å². The number of ether oxygens (including phenoxy) is 2. The van der Waals surface area contributed by atoms with Crippen LogP contribution in [0.25, 0.3) is 0 Å². The molecule has 0 spiro atoms. The number of carbonyl (C=O) groups is 3. The summed E-state index contributed by atoms with van der Waals surface area (Å²) in [6.07, 6.45) is 0. The van der Waals surface area contributed by atoms with Gasteiger partial charge in [-0.15, -0.1) is 0 Å². The van der Waals surface area contributed by atoms with E-state index in [0.29, 0.717) is 5.56 Å². The Morgan fingerprint density at radius 3 is 2.33 bits per heavy atom. The smallest absolute Gasteiger partial charge is 0.325 e. The fourth-order valence-corrected chi connectivity index (χ4v) is 2.64. The van der Waals surface area contributed by atoms with Crippen LogP contribution < -0.4 is 15.4 Å². The Kier molecular flexibility index (Phi) is 7.45. The van der Waals surface area contributed by atoms with Crippen LogP contribution in [0.3, 0.4) is 0 Å². The van der Waals surface area contributed by atoms with Crippen LogP contribution in [0.1, 0.15) is 21.5 Å². The largest absolute Gasteiger partial charge is 0.494 e. The molecule has 0 fully saturated rings. The Bertz CT molecular complexity index is 968. The van der Waals surface area contributed by atoms with E-state index < -0.39 is 35.9 Å². The number of rotatable bonds is 8. The summed E-state index contributed by atoms with van der Waals surface area (Å²) in [5.74, 6) is -1.81. The number of hydrogen-bond donors (Lipinski definition) is 2. The molecule has 2 N–H and O–H groups in total. The predicted molar refractivity (Wildman–Crippen MR) is 107 cm³/mol. The minimum atomic E-state index is -0.793. The van der Waals surface area contributed by atoms with Gasteiger partial charge in [0.25, 0.3) is 17.5 Å². The van der Waals surface area contributed by atoms with Gasteiger partial charge in [-0.1, -0.05) is 17.2 Å². The third-order valence-corrected chi connectivity index (χ3v) is 3.91. The molecule has 0 aromatic heterocycles. The van der Waals surface area contributed by atoms with Gasteiger partial charge in [-0.2, -0.15) is 0 Å². The number of nitrogens with one attached hydrogen (secondary N) is 2. The van der Waals surface area contributed by atoms with Crippen molar-refractivity contribution in [2.24, 2.45) is 0 Å². The first-order chi connectivity index (χ1) is 14.2. The molecule has 0 aliphatic rings. The molecule has 30 heavy (non-hydrogen) atoms. The number of nitro groups is 1. The van der Waals surface area contributed by atoms with Gasteiger partial charge in [0.2, 0.25) is 0 Å². The number of anilines is 1. The fourth-order valence-electron chi connectivity index (χ4n) is 2.64. The summed E-state index contributed by atoms with van der Waals surface area (Å²) in [4.78, 5) is 46.1. The van der Waals surface area contributed by atoms with E-state index in [1.807, 2.05) is 19.9 Å². The average Bonchev–Trinajstić information content (AvgIpc) is 2.69. The van der Waals surface area contributed by atoms with Crippen molar-refractivity contribution in [3.8, 4) is 5.75 Å². The number of esters is 1. The second-order valence-corrected chi connectivity index (χ2v) is 6.41. The third-order valence-electron chi connectivity index (χ3n) is 3.91. The zero-order chi connectivity index (χ0) is 22.3. The van der Waals surface area contributed by atoms with Crippen LogP contribution in [0.2, 0.25) is 0 Å². The number of hydrogen-bond acceptors (Lipinski definition) is 7. The van der Waals surface area contributed by atoms with Gasteiger partial charge < -0.3 is 20.1 Å². The maximum Gasteiger partial charge on any atom is 0.325 e. The molecule has 0 radical (unpaired) electrons. The summed E-state index contributed by atoms with van der Waals surface area (Å²) in [5, 5.41) is 15.7. The van der Waals surface area contributed by atoms with Gasteiger partial charge in [-0.25, -0.2) is 0 Å². The summed E-state index contributed by atoms with van der Waals surface area (Å²) in [5.41, 5.74) is 2.24. The number of methoxy groups -OCH3 is 1. The molecule has 0 aliphatic carbocycles. The maximum atomic E-state index is 12.1. The summed E-state index contributed by atoms with van der Waals surface area (Å²) in [6, 6.07) is 8.97. The molecule has 10 heteroatoms. The Labute approximate surface area is 172 Å². The minimum Gasteiger partial charge on any atom is -0.494 e.